The Morgan fingerprint density at radius 3 is 2.50 bits per heavy atom. The Hall–Kier alpha value is -1.51. The minimum atomic E-state index is -1.08. The molecule has 0 bridgehead atoms. The molecule has 0 unspecified atom stereocenters. The summed E-state index contributed by atoms with van der Waals surface area (Å²) in [5.74, 6) is -2.23. The quantitative estimate of drug-likeness (QED) is 0.742. The van der Waals surface area contributed by atoms with Crippen LogP contribution in [0.25, 0.3) is 0 Å². The molecule has 2 fully saturated rings. The van der Waals surface area contributed by atoms with E-state index in [0.717, 1.165) is 11.1 Å². The van der Waals surface area contributed by atoms with Gasteiger partial charge in [0, 0.05) is 6.92 Å². The number of rotatable bonds is 2. The Kier molecular flexibility index (Phi) is 4.53. The van der Waals surface area contributed by atoms with Gasteiger partial charge in [0.25, 0.3) is 0 Å². The van der Waals surface area contributed by atoms with E-state index in [4.69, 9.17) is 28.4 Å². The number of hydrogen-bond acceptors (Lipinski definition) is 7. The highest BCUT2D eigenvalue weighted by Gasteiger charge is 2.63. The van der Waals surface area contributed by atoms with Crippen LogP contribution in [0.3, 0.4) is 0 Å². The molecule has 2 saturated heterocycles. The van der Waals surface area contributed by atoms with Crippen LogP contribution >= 0.6 is 0 Å². The third-order valence-corrected chi connectivity index (χ3v) is 4.91. The second-order valence-corrected chi connectivity index (χ2v) is 7.34. The van der Waals surface area contributed by atoms with Crippen molar-refractivity contribution in [1.29, 1.82) is 0 Å². The molecule has 4 rings (SSSR count). The van der Waals surface area contributed by atoms with E-state index in [1.165, 1.54) is 6.92 Å². The van der Waals surface area contributed by atoms with E-state index in [-0.39, 0.29) is 19.2 Å². The molecule has 3 heterocycles. The third-order valence-electron chi connectivity index (χ3n) is 4.91. The first-order chi connectivity index (χ1) is 12.4. The van der Waals surface area contributed by atoms with E-state index in [9.17, 15) is 4.79 Å². The second kappa shape index (κ2) is 6.58. The highest BCUT2D eigenvalue weighted by atomic mass is 16.9. The summed E-state index contributed by atoms with van der Waals surface area (Å²) in [5, 5.41) is 0. The number of fused-ring (bicyclic) bond motifs is 3. The Balaban J connectivity index is 1.62. The van der Waals surface area contributed by atoms with E-state index in [0.29, 0.717) is 13.2 Å². The van der Waals surface area contributed by atoms with Gasteiger partial charge in [-0.3, -0.25) is 4.79 Å². The van der Waals surface area contributed by atoms with Crippen molar-refractivity contribution in [2.75, 3.05) is 13.2 Å². The molecule has 3 aliphatic rings. The Bertz CT molecular complexity index is 688. The standard InChI is InChI=1S/C19H24O7/c1-12(20)21-10-15-16-17(19(25-15)11-24-18(2,3)26-19)23-9-14-7-5-4-6-13(14)8-22-16/h4-7,15-17H,8-11H2,1-3H3/t15-,16-,17+,19+/m1/s1. The smallest absolute Gasteiger partial charge is 0.302 e. The van der Waals surface area contributed by atoms with Crippen LogP contribution in [-0.2, 0) is 46.4 Å². The van der Waals surface area contributed by atoms with Crippen LogP contribution in [0.5, 0.6) is 0 Å². The van der Waals surface area contributed by atoms with E-state index in [1.807, 2.05) is 38.1 Å². The van der Waals surface area contributed by atoms with Crippen LogP contribution in [0.4, 0.5) is 0 Å². The van der Waals surface area contributed by atoms with Gasteiger partial charge in [-0.2, -0.15) is 0 Å². The number of esters is 1. The van der Waals surface area contributed by atoms with Crippen LogP contribution in [-0.4, -0.2) is 49.1 Å². The van der Waals surface area contributed by atoms with E-state index in [1.54, 1.807) is 0 Å². The van der Waals surface area contributed by atoms with Gasteiger partial charge in [-0.25, -0.2) is 0 Å². The SMILES string of the molecule is CC(=O)OC[C@H]1O[C@]2(COC(C)(C)O2)[C@H]2OCc3ccccc3CO[C@H]12. The molecule has 3 aliphatic heterocycles. The van der Waals surface area contributed by atoms with Gasteiger partial charge < -0.3 is 28.4 Å². The zero-order chi connectivity index (χ0) is 18.4. The molecule has 0 N–H and O–H groups in total. The predicted molar refractivity (Wildman–Crippen MR) is 88.9 cm³/mol. The van der Waals surface area contributed by atoms with Crippen molar-refractivity contribution in [1.82, 2.24) is 0 Å². The third kappa shape index (κ3) is 3.25. The van der Waals surface area contributed by atoms with Gasteiger partial charge in [0.2, 0.25) is 5.79 Å². The molecule has 7 heteroatoms. The topological polar surface area (TPSA) is 72.5 Å². The molecule has 0 saturated carbocycles. The molecule has 0 aliphatic carbocycles. The van der Waals surface area contributed by atoms with Gasteiger partial charge in [0.1, 0.15) is 31.5 Å². The summed E-state index contributed by atoms with van der Waals surface area (Å²) in [6.07, 6.45) is -1.41. The van der Waals surface area contributed by atoms with Gasteiger partial charge in [-0.15, -0.1) is 0 Å². The lowest BCUT2D eigenvalue weighted by Gasteiger charge is -2.32. The Morgan fingerprint density at radius 1 is 1.19 bits per heavy atom. The summed E-state index contributed by atoms with van der Waals surface area (Å²) >= 11 is 0. The lowest BCUT2D eigenvalue weighted by atomic mass is 10.0. The molecular weight excluding hydrogens is 340 g/mol. The van der Waals surface area contributed by atoms with Crippen molar-refractivity contribution in [2.24, 2.45) is 0 Å². The first-order valence-corrected chi connectivity index (χ1v) is 8.84. The fraction of sp³-hybridized carbons (Fsp3) is 0.632. The summed E-state index contributed by atoms with van der Waals surface area (Å²) in [7, 11) is 0. The fourth-order valence-electron chi connectivity index (χ4n) is 3.73. The average Bonchev–Trinajstić information content (AvgIpc) is 3.02. The van der Waals surface area contributed by atoms with Gasteiger partial charge >= 0.3 is 5.97 Å². The zero-order valence-corrected chi connectivity index (χ0v) is 15.2. The summed E-state index contributed by atoms with van der Waals surface area (Å²) in [6.45, 7) is 6.19. The second-order valence-electron chi connectivity index (χ2n) is 7.34. The zero-order valence-electron chi connectivity index (χ0n) is 15.2. The number of ether oxygens (including phenoxy) is 6. The molecule has 142 valence electrons. The van der Waals surface area contributed by atoms with Crippen molar-refractivity contribution in [3.8, 4) is 0 Å². The van der Waals surface area contributed by atoms with Crippen LogP contribution in [0.15, 0.2) is 24.3 Å². The Morgan fingerprint density at radius 2 is 1.88 bits per heavy atom. The fourth-order valence-corrected chi connectivity index (χ4v) is 3.73. The van der Waals surface area contributed by atoms with Crippen molar-refractivity contribution in [3.63, 3.8) is 0 Å². The van der Waals surface area contributed by atoms with Gasteiger partial charge in [0.15, 0.2) is 5.79 Å². The number of benzene rings is 1. The molecular formula is C19H24O7. The van der Waals surface area contributed by atoms with Crippen molar-refractivity contribution in [2.45, 2.75) is 63.9 Å². The number of hydrogen-bond donors (Lipinski definition) is 0. The molecule has 0 aromatic heterocycles. The Labute approximate surface area is 152 Å². The average molecular weight is 364 g/mol. The predicted octanol–water partition coefficient (Wildman–Crippen LogP) is 1.91. The largest absolute Gasteiger partial charge is 0.463 e. The first kappa shape index (κ1) is 17.9. The highest BCUT2D eigenvalue weighted by Crippen LogP contribution is 2.45. The summed E-state index contributed by atoms with van der Waals surface area (Å²) in [4.78, 5) is 11.3. The summed E-state index contributed by atoms with van der Waals surface area (Å²) < 4.78 is 35.6. The van der Waals surface area contributed by atoms with Crippen LogP contribution < -0.4 is 0 Å². The molecule has 1 aromatic rings. The lowest BCUT2D eigenvalue weighted by molar-refractivity contribution is -0.278. The number of carbonyl (C=O) groups excluding carboxylic acids is 1. The normalized spacial score (nSPS) is 35.4. The molecule has 4 atom stereocenters. The summed E-state index contributed by atoms with van der Waals surface area (Å²) in [5.41, 5.74) is 2.14. The molecule has 26 heavy (non-hydrogen) atoms. The number of carbonyl (C=O) groups is 1. The van der Waals surface area contributed by atoms with Crippen LogP contribution in [0.2, 0.25) is 0 Å². The maximum Gasteiger partial charge on any atom is 0.302 e. The maximum absolute atomic E-state index is 11.3. The van der Waals surface area contributed by atoms with E-state index >= 15 is 0 Å². The van der Waals surface area contributed by atoms with Crippen molar-refractivity contribution < 1.29 is 33.2 Å². The molecule has 7 nitrogen and oxygen atoms in total. The molecule has 0 amide bonds. The van der Waals surface area contributed by atoms with E-state index in [2.05, 4.69) is 0 Å². The first-order valence-electron chi connectivity index (χ1n) is 8.84. The molecule has 0 radical (unpaired) electrons. The van der Waals surface area contributed by atoms with Gasteiger partial charge in [0.05, 0.1) is 13.2 Å². The highest BCUT2D eigenvalue weighted by molar-refractivity contribution is 5.65. The van der Waals surface area contributed by atoms with E-state index < -0.39 is 29.9 Å². The van der Waals surface area contributed by atoms with Gasteiger partial charge in [-0.05, 0) is 25.0 Å². The molecule has 1 spiro atoms. The molecule has 1 aromatic carbocycles. The lowest BCUT2D eigenvalue weighted by Crippen LogP contribution is -2.49. The van der Waals surface area contributed by atoms with Gasteiger partial charge in [-0.1, -0.05) is 24.3 Å². The van der Waals surface area contributed by atoms with Crippen LogP contribution in [0.1, 0.15) is 31.9 Å². The monoisotopic (exact) mass is 364 g/mol. The maximum atomic E-state index is 11.3. The minimum Gasteiger partial charge on any atom is -0.463 e. The minimum absolute atomic E-state index is 0.0764. The van der Waals surface area contributed by atoms with Crippen molar-refractivity contribution >= 4 is 5.97 Å². The van der Waals surface area contributed by atoms with Crippen LogP contribution in [0, 0.1) is 0 Å². The summed E-state index contributed by atoms with van der Waals surface area (Å²) in [6, 6.07) is 7.99. The van der Waals surface area contributed by atoms with Crippen molar-refractivity contribution in [3.05, 3.63) is 35.4 Å².